The second-order valence-electron chi connectivity index (χ2n) is 26.3. The third kappa shape index (κ3) is 8.91. The molecule has 4 heterocycles. The number of hydrogen-bond acceptors (Lipinski definition) is 6. The Morgan fingerprint density at radius 2 is 0.473 bits per heavy atom. The molecule has 0 amide bonds. The Kier molecular flexibility index (Phi) is 12.2. The van der Waals surface area contributed by atoms with E-state index in [1.165, 1.54) is 89.0 Å². The number of rotatable bonds is 10. The first-order valence-corrected chi connectivity index (χ1v) is 31.6. The summed E-state index contributed by atoms with van der Waals surface area (Å²) in [4.78, 5) is 25.2. The van der Waals surface area contributed by atoms with E-state index in [0.29, 0.717) is 0 Å². The van der Waals surface area contributed by atoms with Crippen LogP contribution < -0.4 is 9.80 Å². The topological polar surface area (TPSA) is 58.0 Å². The van der Waals surface area contributed by atoms with Crippen molar-refractivity contribution in [2.24, 2.45) is 0 Å². The summed E-state index contributed by atoms with van der Waals surface area (Å²) in [6.45, 7) is 14.2. The number of fused-ring (bicyclic) bond motifs is 13. The van der Waals surface area contributed by atoms with Gasteiger partial charge in [-0.2, -0.15) is 0 Å². The summed E-state index contributed by atoms with van der Waals surface area (Å²) in [7, 11) is 0. The summed E-state index contributed by atoms with van der Waals surface area (Å²) in [5, 5.41) is 4.42. The molecule has 0 spiro atoms. The molecule has 0 atom stereocenters. The second kappa shape index (κ2) is 20.5. The Morgan fingerprint density at radius 3 is 0.736 bits per heavy atom. The summed E-state index contributed by atoms with van der Waals surface area (Å²) in [6, 6.07) is 92.0. The van der Waals surface area contributed by atoms with E-state index >= 15 is 0 Å². The first-order chi connectivity index (χ1) is 44.3. The first kappa shape index (κ1) is 54.1. The highest BCUT2D eigenvalue weighted by molar-refractivity contribution is 5.93. The molecule has 3 aliphatic rings. The Labute approximate surface area is 530 Å². The van der Waals surface area contributed by atoms with Gasteiger partial charge in [-0.25, -0.2) is 19.9 Å². The lowest BCUT2D eigenvalue weighted by Crippen LogP contribution is -2.17. The fourth-order valence-corrected chi connectivity index (χ4v) is 14.8. The number of para-hydroxylation sites is 4. The molecule has 0 saturated heterocycles. The fourth-order valence-electron chi connectivity index (χ4n) is 14.8. The van der Waals surface area contributed by atoms with Gasteiger partial charge in [-0.1, -0.05) is 224 Å². The van der Waals surface area contributed by atoms with Crippen molar-refractivity contribution < 1.29 is 0 Å². The predicted molar refractivity (Wildman–Crippen MR) is 380 cm³/mol. The largest absolute Gasteiger partial charge is 0.279 e. The van der Waals surface area contributed by atoms with Gasteiger partial charge in [0.05, 0.1) is 22.1 Å². The molecule has 0 bridgehead atoms. The van der Waals surface area contributed by atoms with Crippen LogP contribution in [0.5, 0.6) is 0 Å². The minimum Gasteiger partial charge on any atom is -0.279 e. The van der Waals surface area contributed by atoms with E-state index < -0.39 is 0 Å². The van der Waals surface area contributed by atoms with Crippen LogP contribution in [-0.4, -0.2) is 19.9 Å². The highest BCUT2D eigenvalue weighted by Crippen LogP contribution is 2.54. The van der Waals surface area contributed by atoms with Crippen LogP contribution in [0.15, 0.2) is 255 Å². The van der Waals surface area contributed by atoms with E-state index in [1.807, 2.05) is 24.3 Å². The van der Waals surface area contributed by atoms with Crippen LogP contribution >= 0.6 is 0 Å². The van der Waals surface area contributed by atoms with Gasteiger partial charge in [0.25, 0.3) is 0 Å². The highest BCUT2D eigenvalue weighted by atomic mass is 15.2. The van der Waals surface area contributed by atoms with Gasteiger partial charge in [0.15, 0.2) is 0 Å². The Hall–Kier alpha value is -11.1. The minimum atomic E-state index is -0.253. The van der Waals surface area contributed by atoms with Gasteiger partial charge in [-0.3, -0.25) is 9.80 Å². The maximum Gasteiger partial charge on any atom is 0.139 e. The van der Waals surface area contributed by atoms with E-state index in [4.69, 9.17) is 19.9 Å². The molecule has 10 aromatic carbocycles. The van der Waals surface area contributed by atoms with Gasteiger partial charge in [0.2, 0.25) is 0 Å². The molecule has 0 N–H and O–H groups in total. The average Bonchev–Trinajstić information content (AvgIpc) is 1.65. The Morgan fingerprint density at radius 1 is 0.242 bits per heavy atom. The summed E-state index contributed by atoms with van der Waals surface area (Å²) < 4.78 is 0. The van der Waals surface area contributed by atoms with Gasteiger partial charge in [0, 0.05) is 49.2 Å². The molecule has 91 heavy (non-hydrogen) atoms. The van der Waals surface area contributed by atoms with Crippen molar-refractivity contribution >= 4 is 103 Å². The lowest BCUT2D eigenvalue weighted by molar-refractivity contribution is 0.660. The third-order valence-corrected chi connectivity index (χ3v) is 19.8. The fraction of sp³-hybridized carbons (Fsp3) is 0.106. The van der Waals surface area contributed by atoms with Gasteiger partial charge >= 0.3 is 0 Å². The van der Waals surface area contributed by atoms with Crippen LogP contribution in [0.4, 0.5) is 34.6 Å². The normalized spacial score (nSPS) is 14.4. The van der Waals surface area contributed by atoms with Crippen LogP contribution in [0.2, 0.25) is 0 Å². The minimum absolute atomic E-state index is 0.183. The predicted octanol–water partition coefficient (Wildman–Crippen LogP) is 22.1. The van der Waals surface area contributed by atoms with Crippen LogP contribution in [-0.2, 0) is 16.2 Å². The first-order valence-electron chi connectivity index (χ1n) is 31.6. The quantitative estimate of drug-likeness (QED) is 0.127. The smallest absolute Gasteiger partial charge is 0.139 e. The van der Waals surface area contributed by atoms with Crippen LogP contribution in [0.25, 0.3) is 101 Å². The molecule has 0 unspecified atom stereocenters. The van der Waals surface area contributed by atoms with Gasteiger partial charge in [-0.05, 0) is 186 Å². The van der Waals surface area contributed by atoms with Gasteiger partial charge in [-0.15, -0.1) is 0 Å². The summed E-state index contributed by atoms with van der Waals surface area (Å²) in [5.41, 5.74) is 25.5. The standard InChI is InChI=1S/C85H64N6/c1-83(2)69-47-53(23-25-55-29-39-65-67-41-35-61(51-73(67)84(3,4)71(65)49-55)90(79-43-31-57-15-7-11-19-75(57)86-79)80-44-32-58-16-8-12-20-76(58)87-80)27-37-63(69)64-38-28-54(48-70(64)83)24-26-56-30-40-66-68-42-36-62(52-74(68)85(5,6)72(66)50-56)91(81-45-33-59-17-9-13-21-77(59)88-81)82-46-34-60-18-10-14-22-78(60)89-82/h7-52H,1-6H3. The highest BCUT2D eigenvalue weighted by Gasteiger charge is 2.39. The summed E-state index contributed by atoms with van der Waals surface area (Å²) >= 11 is 0. The monoisotopic (exact) mass is 1170 g/mol. The summed E-state index contributed by atoms with van der Waals surface area (Å²) in [6.07, 6.45) is 9.13. The third-order valence-electron chi connectivity index (χ3n) is 19.8. The molecule has 14 aromatic rings. The van der Waals surface area contributed by atoms with E-state index in [0.717, 1.165) is 78.3 Å². The molecule has 0 saturated carbocycles. The summed E-state index contributed by atoms with van der Waals surface area (Å²) in [5.74, 6) is 3.31. The van der Waals surface area contributed by atoms with Crippen molar-refractivity contribution in [2.75, 3.05) is 9.80 Å². The van der Waals surface area contributed by atoms with Crippen molar-refractivity contribution in [3.8, 4) is 33.4 Å². The number of anilines is 6. The second-order valence-corrected chi connectivity index (χ2v) is 26.3. The molecule has 4 aromatic heterocycles. The van der Waals surface area contributed by atoms with Gasteiger partial charge in [0.1, 0.15) is 23.3 Å². The average molecular weight is 1170 g/mol. The van der Waals surface area contributed by atoms with Crippen LogP contribution in [0.1, 0.15) is 97.2 Å². The molecule has 0 radical (unpaired) electrons. The van der Waals surface area contributed by atoms with Crippen LogP contribution in [0.3, 0.4) is 0 Å². The molecule has 0 aliphatic heterocycles. The lowest BCUT2D eigenvalue weighted by Gasteiger charge is -2.27. The zero-order valence-electron chi connectivity index (χ0n) is 51.7. The van der Waals surface area contributed by atoms with Gasteiger partial charge < -0.3 is 0 Å². The molecular formula is C85H64N6. The van der Waals surface area contributed by atoms with Crippen molar-refractivity contribution in [3.05, 3.63) is 310 Å². The maximum absolute atomic E-state index is 5.20. The number of benzene rings is 10. The number of nitrogens with zero attached hydrogens (tertiary/aromatic N) is 6. The van der Waals surface area contributed by atoms with E-state index in [-0.39, 0.29) is 16.2 Å². The van der Waals surface area contributed by atoms with Crippen molar-refractivity contribution in [1.29, 1.82) is 0 Å². The number of hydrogen-bond donors (Lipinski definition) is 0. The molecule has 17 rings (SSSR count). The molecule has 3 aliphatic carbocycles. The van der Waals surface area contributed by atoms with Crippen molar-refractivity contribution in [3.63, 3.8) is 0 Å². The Bertz CT molecular complexity index is 4940. The van der Waals surface area contributed by atoms with Crippen molar-refractivity contribution in [2.45, 2.75) is 57.8 Å². The molecule has 6 nitrogen and oxygen atoms in total. The molecular weight excluding hydrogens is 1100 g/mol. The molecule has 6 heteroatoms. The lowest BCUT2D eigenvalue weighted by atomic mass is 9.81. The molecule has 434 valence electrons. The molecule has 0 fully saturated rings. The van der Waals surface area contributed by atoms with Crippen LogP contribution in [0, 0.1) is 0 Å². The zero-order chi connectivity index (χ0) is 61.3. The van der Waals surface area contributed by atoms with E-state index in [1.54, 1.807) is 0 Å². The zero-order valence-corrected chi connectivity index (χ0v) is 51.7. The maximum atomic E-state index is 5.20. The van der Waals surface area contributed by atoms with Crippen molar-refractivity contribution in [1.82, 2.24) is 19.9 Å². The number of aromatic nitrogens is 4. The number of pyridine rings is 4. The van der Waals surface area contributed by atoms with E-state index in [9.17, 15) is 0 Å². The Balaban J connectivity index is 0.618. The SMILES string of the molecule is CC1(C)c2cc(C=Cc3ccc4c(c3)C(C)(C)c3cc(N(c5ccc6ccccc6n5)c5ccc6ccccc6n5)ccc3-4)ccc2-c2ccc(C=Cc3ccc4c(c3)C(C)(C)c3cc(N(c5ccc6ccccc6n5)c5ccc6ccccc6n5)ccc3-4)cc21. The van der Waals surface area contributed by atoms with E-state index in [2.05, 4.69) is 306 Å².